The molecular formula is C14H14N2O5S2. The highest BCUT2D eigenvalue weighted by Gasteiger charge is 2.25. The van der Waals surface area contributed by atoms with Crippen LogP contribution in [0.15, 0.2) is 11.4 Å². The molecule has 0 bridgehead atoms. The van der Waals surface area contributed by atoms with Crippen LogP contribution in [-0.2, 0) is 9.47 Å². The summed E-state index contributed by atoms with van der Waals surface area (Å²) in [4.78, 5) is 36.3. The number of amides is 1. The molecular weight excluding hydrogens is 340 g/mol. The molecule has 0 radical (unpaired) electrons. The smallest absolute Gasteiger partial charge is 0.350 e. The number of thiophene rings is 2. The standard InChI is InChI=1S/C14H14N2O5S2/c1-6-8(13(18)20-2)11(15)23-9(6)12(17)16-7-4-5-22-10(7)14(19)21-3/h4-5H,15H2,1-3H3,(H,16,17). The molecule has 2 aromatic heterocycles. The Morgan fingerprint density at radius 3 is 2.39 bits per heavy atom. The highest BCUT2D eigenvalue weighted by molar-refractivity contribution is 7.18. The first kappa shape index (κ1) is 17.0. The molecule has 7 nitrogen and oxygen atoms in total. The maximum absolute atomic E-state index is 12.4. The van der Waals surface area contributed by atoms with Crippen LogP contribution in [0, 0.1) is 6.92 Å². The second-order valence-electron chi connectivity index (χ2n) is 4.40. The van der Waals surface area contributed by atoms with E-state index < -0.39 is 17.8 Å². The van der Waals surface area contributed by atoms with E-state index in [1.165, 1.54) is 14.2 Å². The summed E-state index contributed by atoms with van der Waals surface area (Å²) >= 11 is 2.14. The van der Waals surface area contributed by atoms with Crippen LogP contribution in [-0.4, -0.2) is 32.1 Å². The van der Waals surface area contributed by atoms with E-state index in [0.717, 1.165) is 22.7 Å². The Hall–Kier alpha value is -2.39. The second kappa shape index (κ2) is 6.80. The first-order chi connectivity index (χ1) is 10.9. The number of rotatable bonds is 4. The first-order valence-electron chi connectivity index (χ1n) is 6.35. The van der Waals surface area contributed by atoms with Gasteiger partial charge in [0.2, 0.25) is 0 Å². The highest BCUT2D eigenvalue weighted by Crippen LogP contribution is 2.32. The third-order valence-corrected chi connectivity index (χ3v) is 5.07. The molecule has 1 amide bonds. The summed E-state index contributed by atoms with van der Waals surface area (Å²) in [5.41, 5.74) is 6.76. The Morgan fingerprint density at radius 2 is 1.78 bits per heavy atom. The van der Waals surface area contributed by atoms with Crippen molar-refractivity contribution in [2.45, 2.75) is 6.92 Å². The molecule has 0 spiro atoms. The van der Waals surface area contributed by atoms with Crippen molar-refractivity contribution in [3.8, 4) is 0 Å². The number of nitrogens with two attached hydrogens (primary N) is 1. The van der Waals surface area contributed by atoms with Gasteiger partial charge in [0, 0.05) is 0 Å². The number of methoxy groups -OCH3 is 2. The van der Waals surface area contributed by atoms with Crippen molar-refractivity contribution in [1.29, 1.82) is 0 Å². The molecule has 0 fully saturated rings. The van der Waals surface area contributed by atoms with Gasteiger partial charge in [-0.3, -0.25) is 4.79 Å². The van der Waals surface area contributed by atoms with Crippen LogP contribution in [0.4, 0.5) is 10.7 Å². The Balaban J connectivity index is 2.31. The maximum atomic E-state index is 12.4. The number of carbonyl (C=O) groups is 3. The van der Waals surface area contributed by atoms with Crippen LogP contribution in [0.1, 0.15) is 35.3 Å². The number of nitrogen functional groups attached to an aromatic ring is 1. The zero-order chi connectivity index (χ0) is 17.1. The van der Waals surface area contributed by atoms with Crippen molar-refractivity contribution < 1.29 is 23.9 Å². The fourth-order valence-electron chi connectivity index (χ4n) is 1.95. The lowest BCUT2D eigenvalue weighted by Crippen LogP contribution is -2.14. The number of anilines is 2. The molecule has 0 aliphatic carbocycles. The van der Waals surface area contributed by atoms with Crippen molar-refractivity contribution in [2.24, 2.45) is 0 Å². The van der Waals surface area contributed by atoms with E-state index in [-0.39, 0.29) is 20.3 Å². The second-order valence-corrected chi connectivity index (χ2v) is 6.36. The van der Waals surface area contributed by atoms with E-state index in [1.807, 2.05) is 0 Å². The predicted molar refractivity (Wildman–Crippen MR) is 88.4 cm³/mol. The largest absolute Gasteiger partial charge is 0.465 e. The highest BCUT2D eigenvalue weighted by atomic mass is 32.1. The van der Waals surface area contributed by atoms with E-state index in [0.29, 0.717) is 11.3 Å². The van der Waals surface area contributed by atoms with Crippen molar-refractivity contribution in [2.75, 3.05) is 25.3 Å². The van der Waals surface area contributed by atoms with E-state index in [1.54, 1.807) is 18.4 Å². The fraction of sp³-hybridized carbons (Fsp3) is 0.214. The Morgan fingerprint density at radius 1 is 1.13 bits per heavy atom. The number of esters is 2. The Kier molecular flexibility index (Phi) is 5.02. The molecule has 0 atom stereocenters. The van der Waals surface area contributed by atoms with Gasteiger partial charge in [0.15, 0.2) is 0 Å². The molecule has 2 heterocycles. The molecule has 0 saturated carbocycles. The minimum absolute atomic E-state index is 0.182. The monoisotopic (exact) mass is 354 g/mol. The van der Waals surface area contributed by atoms with Crippen molar-refractivity contribution in [3.05, 3.63) is 32.3 Å². The molecule has 2 aromatic rings. The third-order valence-electron chi connectivity index (χ3n) is 3.05. The molecule has 0 saturated heterocycles. The van der Waals surface area contributed by atoms with Gasteiger partial charge >= 0.3 is 11.9 Å². The molecule has 0 unspecified atom stereocenters. The molecule has 0 aromatic carbocycles. The summed E-state index contributed by atoms with van der Waals surface area (Å²) in [6.45, 7) is 1.61. The minimum atomic E-state index is -0.596. The van der Waals surface area contributed by atoms with Crippen LogP contribution in [0.25, 0.3) is 0 Å². The van der Waals surface area contributed by atoms with Gasteiger partial charge in [-0.2, -0.15) is 0 Å². The zero-order valence-electron chi connectivity index (χ0n) is 12.6. The molecule has 3 N–H and O–H groups in total. The van der Waals surface area contributed by atoms with E-state index in [2.05, 4.69) is 14.8 Å². The van der Waals surface area contributed by atoms with Crippen LogP contribution in [0.3, 0.4) is 0 Å². The van der Waals surface area contributed by atoms with Crippen LogP contribution >= 0.6 is 22.7 Å². The summed E-state index contributed by atoms with van der Waals surface area (Å²) in [5, 5.41) is 4.50. The van der Waals surface area contributed by atoms with Crippen molar-refractivity contribution in [3.63, 3.8) is 0 Å². The lowest BCUT2D eigenvalue weighted by molar-refractivity contribution is 0.0595. The summed E-state index contributed by atoms with van der Waals surface area (Å²) in [6, 6.07) is 1.60. The number of hydrogen-bond donors (Lipinski definition) is 2. The summed E-state index contributed by atoms with van der Waals surface area (Å²) < 4.78 is 9.32. The quantitative estimate of drug-likeness (QED) is 0.817. The Labute approximate surface area is 140 Å². The zero-order valence-corrected chi connectivity index (χ0v) is 14.2. The number of ether oxygens (including phenoxy) is 2. The first-order valence-corrected chi connectivity index (χ1v) is 8.04. The summed E-state index contributed by atoms with van der Waals surface area (Å²) in [7, 11) is 2.51. The van der Waals surface area contributed by atoms with E-state index in [4.69, 9.17) is 5.73 Å². The Bertz CT molecular complexity index is 778. The van der Waals surface area contributed by atoms with Gasteiger partial charge in [-0.05, 0) is 23.9 Å². The molecule has 23 heavy (non-hydrogen) atoms. The molecule has 9 heteroatoms. The molecule has 2 rings (SSSR count). The van der Waals surface area contributed by atoms with Gasteiger partial charge in [0.1, 0.15) is 9.88 Å². The summed E-state index contributed by atoms with van der Waals surface area (Å²) in [5.74, 6) is -1.59. The lowest BCUT2D eigenvalue weighted by Gasteiger charge is -2.05. The van der Waals surface area contributed by atoms with Gasteiger partial charge in [-0.15, -0.1) is 22.7 Å². The van der Waals surface area contributed by atoms with E-state index in [9.17, 15) is 14.4 Å². The predicted octanol–water partition coefficient (Wildman–Crippen LogP) is 2.53. The van der Waals surface area contributed by atoms with Crippen molar-refractivity contribution >= 4 is 51.2 Å². The normalized spacial score (nSPS) is 10.2. The van der Waals surface area contributed by atoms with Crippen LogP contribution in [0.5, 0.6) is 0 Å². The van der Waals surface area contributed by atoms with Crippen molar-refractivity contribution in [1.82, 2.24) is 0 Å². The molecule has 0 aliphatic heterocycles. The van der Waals surface area contributed by atoms with Gasteiger partial charge in [0.05, 0.1) is 30.3 Å². The van der Waals surface area contributed by atoms with Gasteiger partial charge < -0.3 is 20.5 Å². The number of carbonyl (C=O) groups excluding carboxylic acids is 3. The molecule has 122 valence electrons. The average Bonchev–Trinajstić information content (AvgIpc) is 3.10. The van der Waals surface area contributed by atoms with Crippen LogP contribution in [0.2, 0.25) is 0 Å². The van der Waals surface area contributed by atoms with Gasteiger partial charge in [-0.25, -0.2) is 9.59 Å². The van der Waals surface area contributed by atoms with Crippen LogP contribution < -0.4 is 11.1 Å². The summed E-state index contributed by atoms with van der Waals surface area (Å²) in [6.07, 6.45) is 0. The topological polar surface area (TPSA) is 108 Å². The maximum Gasteiger partial charge on any atom is 0.350 e. The average molecular weight is 354 g/mol. The fourth-order valence-corrected chi connectivity index (χ4v) is 3.67. The lowest BCUT2D eigenvalue weighted by atomic mass is 10.1. The minimum Gasteiger partial charge on any atom is -0.465 e. The van der Waals surface area contributed by atoms with E-state index >= 15 is 0 Å². The third kappa shape index (κ3) is 3.20. The molecule has 0 aliphatic rings. The number of nitrogens with one attached hydrogen (secondary N) is 1. The van der Waals surface area contributed by atoms with Gasteiger partial charge in [0.25, 0.3) is 5.91 Å². The van der Waals surface area contributed by atoms with Gasteiger partial charge in [-0.1, -0.05) is 0 Å². The SMILES string of the molecule is COC(=O)c1sccc1NC(=O)c1sc(N)c(C(=O)OC)c1C. The number of hydrogen-bond acceptors (Lipinski definition) is 8.